The maximum atomic E-state index is 4.48. The SMILES string of the molecule is CN=C(NCC1CCN(CCc2ccccc2)C1)NC1CCN(c2cccs2)CC1. The number of nitrogens with one attached hydrogen (secondary N) is 2. The number of hydrogen-bond acceptors (Lipinski definition) is 4. The van der Waals surface area contributed by atoms with Crippen LogP contribution in [0, 0.1) is 5.92 Å². The topological polar surface area (TPSA) is 42.9 Å². The molecule has 4 rings (SSSR count). The van der Waals surface area contributed by atoms with Crippen LogP contribution in [0.5, 0.6) is 0 Å². The number of hydrogen-bond donors (Lipinski definition) is 2. The lowest BCUT2D eigenvalue weighted by Crippen LogP contribution is -2.49. The monoisotopic (exact) mass is 425 g/mol. The number of thiophene rings is 1. The third-order valence-corrected chi connectivity index (χ3v) is 7.29. The number of anilines is 1. The normalized spacial score (nSPS) is 21.2. The van der Waals surface area contributed by atoms with Crippen molar-refractivity contribution in [2.75, 3.05) is 51.2 Å². The first-order chi connectivity index (χ1) is 14.8. The summed E-state index contributed by atoms with van der Waals surface area (Å²) in [6, 6.07) is 15.7. The molecule has 162 valence electrons. The fraction of sp³-hybridized carbons (Fsp3) is 0.542. The van der Waals surface area contributed by atoms with E-state index in [1.165, 1.54) is 30.1 Å². The molecule has 2 fully saturated rings. The molecule has 2 aliphatic rings. The highest BCUT2D eigenvalue weighted by Gasteiger charge is 2.24. The van der Waals surface area contributed by atoms with E-state index < -0.39 is 0 Å². The van der Waals surface area contributed by atoms with Crippen LogP contribution in [0.15, 0.2) is 52.8 Å². The van der Waals surface area contributed by atoms with Crippen LogP contribution in [0.3, 0.4) is 0 Å². The first kappa shape index (κ1) is 21.2. The Kier molecular flexibility index (Phi) is 7.65. The van der Waals surface area contributed by atoms with Crippen molar-refractivity contribution < 1.29 is 0 Å². The molecule has 1 atom stereocenters. The molecule has 0 saturated carbocycles. The highest BCUT2D eigenvalue weighted by Crippen LogP contribution is 2.24. The van der Waals surface area contributed by atoms with Crippen molar-refractivity contribution in [3.05, 3.63) is 53.4 Å². The molecule has 1 unspecified atom stereocenters. The number of benzene rings is 1. The van der Waals surface area contributed by atoms with Crippen LogP contribution in [-0.2, 0) is 6.42 Å². The van der Waals surface area contributed by atoms with Crippen molar-refractivity contribution in [1.29, 1.82) is 0 Å². The van der Waals surface area contributed by atoms with Gasteiger partial charge >= 0.3 is 0 Å². The first-order valence-electron chi connectivity index (χ1n) is 11.3. The van der Waals surface area contributed by atoms with E-state index in [1.54, 1.807) is 0 Å². The van der Waals surface area contributed by atoms with Crippen molar-refractivity contribution in [3.8, 4) is 0 Å². The van der Waals surface area contributed by atoms with Crippen LogP contribution in [0.1, 0.15) is 24.8 Å². The highest BCUT2D eigenvalue weighted by molar-refractivity contribution is 7.14. The zero-order chi connectivity index (χ0) is 20.6. The third-order valence-electron chi connectivity index (χ3n) is 6.36. The van der Waals surface area contributed by atoms with Crippen molar-refractivity contribution in [3.63, 3.8) is 0 Å². The molecular weight excluding hydrogens is 390 g/mol. The van der Waals surface area contributed by atoms with Gasteiger partial charge in [0.15, 0.2) is 5.96 Å². The lowest BCUT2D eigenvalue weighted by atomic mass is 10.1. The smallest absolute Gasteiger partial charge is 0.191 e. The van der Waals surface area contributed by atoms with Crippen LogP contribution in [0.25, 0.3) is 0 Å². The van der Waals surface area contributed by atoms with Gasteiger partial charge in [0.05, 0.1) is 5.00 Å². The van der Waals surface area contributed by atoms with E-state index >= 15 is 0 Å². The first-order valence-corrected chi connectivity index (χ1v) is 12.2. The average Bonchev–Trinajstić information content (AvgIpc) is 3.49. The van der Waals surface area contributed by atoms with E-state index in [1.807, 2.05) is 18.4 Å². The van der Waals surface area contributed by atoms with E-state index in [-0.39, 0.29) is 0 Å². The zero-order valence-electron chi connectivity index (χ0n) is 18.1. The molecule has 0 spiro atoms. The molecule has 2 aliphatic heterocycles. The summed E-state index contributed by atoms with van der Waals surface area (Å²) in [5.41, 5.74) is 1.44. The summed E-state index contributed by atoms with van der Waals surface area (Å²) in [4.78, 5) is 9.58. The number of aliphatic imine (C=N–C) groups is 1. The van der Waals surface area contributed by atoms with E-state index in [0.717, 1.165) is 51.4 Å². The van der Waals surface area contributed by atoms with Gasteiger partial charge in [-0.2, -0.15) is 0 Å². The standard InChI is InChI=1S/C24H35N5S/c1-25-24(27-22-11-15-29(16-12-22)23-8-5-17-30-23)26-18-21-10-14-28(19-21)13-9-20-6-3-2-4-7-20/h2-8,17,21-22H,9-16,18-19H2,1H3,(H2,25,26,27). The van der Waals surface area contributed by atoms with Crippen LogP contribution >= 0.6 is 11.3 Å². The van der Waals surface area contributed by atoms with Gasteiger partial charge in [-0.3, -0.25) is 4.99 Å². The second-order valence-corrected chi connectivity index (χ2v) is 9.43. The fourth-order valence-electron chi connectivity index (χ4n) is 4.54. The Labute approximate surface area is 185 Å². The molecule has 3 heterocycles. The van der Waals surface area contributed by atoms with Crippen molar-refractivity contribution >= 4 is 22.3 Å². The van der Waals surface area contributed by atoms with Crippen molar-refractivity contribution in [1.82, 2.24) is 15.5 Å². The molecule has 1 aromatic carbocycles. The largest absolute Gasteiger partial charge is 0.363 e. The van der Waals surface area contributed by atoms with Crippen LogP contribution < -0.4 is 15.5 Å². The number of rotatable bonds is 7. The summed E-state index contributed by atoms with van der Waals surface area (Å²) in [5.74, 6) is 1.67. The van der Waals surface area contributed by atoms with Gasteiger partial charge in [-0.05, 0) is 61.2 Å². The van der Waals surface area contributed by atoms with Gasteiger partial charge in [0.25, 0.3) is 0 Å². The Hall–Kier alpha value is -2.05. The summed E-state index contributed by atoms with van der Waals surface area (Å²) in [5, 5.41) is 10.8. The molecular formula is C24H35N5S. The second kappa shape index (κ2) is 10.8. The van der Waals surface area contributed by atoms with E-state index in [2.05, 4.69) is 73.3 Å². The quantitative estimate of drug-likeness (QED) is 0.527. The molecule has 2 aromatic rings. The molecule has 0 radical (unpaired) electrons. The van der Waals surface area contributed by atoms with Crippen LogP contribution in [0.4, 0.5) is 5.00 Å². The maximum Gasteiger partial charge on any atom is 0.191 e. The maximum absolute atomic E-state index is 4.48. The Morgan fingerprint density at radius 2 is 1.90 bits per heavy atom. The molecule has 2 N–H and O–H groups in total. The number of guanidine groups is 1. The van der Waals surface area contributed by atoms with E-state index in [4.69, 9.17) is 0 Å². The summed E-state index contributed by atoms with van der Waals surface area (Å²) in [6.45, 7) is 6.82. The Morgan fingerprint density at radius 3 is 2.63 bits per heavy atom. The zero-order valence-corrected chi connectivity index (χ0v) is 18.9. The molecule has 2 saturated heterocycles. The van der Waals surface area contributed by atoms with E-state index in [9.17, 15) is 0 Å². The summed E-state index contributed by atoms with van der Waals surface area (Å²) in [7, 11) is 1.89. The molecule has 5 nitrogen and oxygen atoms in total. The van der Waals surface area contributed by atoms with Gasteiger partial charge in [0.1, 0.15) is 0 Å². The molecule has 30 heavy (non-hydrogen) atoms. The molecule has 6 heteroatoms. The minimum atomic E-state index is 0.512. The van der Waals surface area contributed by atoms with Gasteiger partial charge in [-0.25, -0.2) is 0 Å². The van der Waals surface area contributed by atoms with Gasteiger partial charge < -0.3 is 20.4 Å². The Morgan fingerprint density at radius 1 is 1.07 bits per heavy atom. The Balaban J connectivity index is 1.14. The van der Waals surface area contributed by atoms with Crippen molar-refractivity contribution in [2.45, 2.75) is 31.7 Å². The summed E-state index contributed by atoms with van der Waals surface area (Å²) < 4.78 is 0. The van der Waals surface area contributed by atoms with Crippen molar-refractivity contribution in [2.24, 2.45) is 10.9 Å². The number of piperidine rings is 1. The number of likely N-dealkylation sites (tertiary alicyclic amines) is 1. The molecule has 0 amide bonds. The van der Waals surface area contributed by atoms with E-state index in [0.29, 0.717) is 12.0 Å². The number of nitrogens with zero attached hydrogens (tertiary/aromatic N) is 3. The minimum absolute atomic E-state index is 0.512. The lowest BCUT2D eigenvalue weighted by Gasteiger charge is -2.33. The van der Waals surface area contributed by atoms with Crippen LogP contribution in [0.2, 0.25) is 0 Å². The van der Waals surface area contributed by atoms with Gasteiger partial charge in [-0.1, -0.05) is 30.3 Å². The lowest BCUT2D eigenvalue weighted by molar-refractivity contribution is 0.328. The highest BCUT2D eigenvalue weighted by atomic mass is 32.1. The summed E-state index contributed by atoms with van der Waals surface area (Å²) in [6.07, 6.45) is 4.75. The average molecular weight is 426 g/mol. The van der Waals surface area contributed by atoms with Gasteiger partial charge in [0.2, 0.25) is 0 Å². The molecule has 0 aliphatic carbocycles. The van der Waals surface area contributed by atoms with Gasteiger partial charge in [0, 0.05) is 45.8 Å². The Bertz CT molecular complexity index is 768. The van der Waals surface area contributed by atoms with Gasteiger partial charge in [-0.15, -0.1) is 11.3 Å². The molecule has 0 bridgehead atoms. The summed E-state index contributed by atoms with van der Waals surface area (Å²) >= 11 is 1.84. The minimum Gasteiger partial charge on any atom is -0.363 e. The predicted octanol–water partition coefficient (Wildman–Crippen LogP) is 3.45. The second-order valence-electron chi connectivity index (χ2n) is 8.50. The third kappa shape index (κ3) is 5.99. The molecule has 1 aromatic heterocycles. The fourth-order valence-corrected chi connectivity index (χ4v) is 5.32. The van der Waals surface area contributed by atoms with Crippen LogP contribution in [-0.4, -0.2) is 63.2 Å². The predicted molar refractivity (Wildman–Crippen MR) is 129 cm³/mol.